The summed E-state index contributed by atoms with van der Waals surface area (Å²) in [4.78, 5) is 20.0. The Hall–Kier alpha value is -1.62. The zero-order chi connectivity index (χ0) is 13.8. The molecule has 19 heavy (non-hydrogen) atoms. The van der Waals surface area contributed by atoms with Crippen LogP contribution in [0.4, 0.5) is 5.82 Å². The molecule has 104 valence electrons. The predicted octanol–water partition coefficient (Wildman–Crippen LogP) is 1.19. The van der Waals surface area contributed by atoms with Gasteiger partial charge in [0, 0.05) is 26.3 Å². The topological polar surface area (TPSA) is 56.7 Å². The van der Waals surface area contributed by atoms with Gasteiger partial charge in [-0.25, -0.2) is 4.98 Å². The summed E-state index contributed by atoms with van der Waals surface area (Å²) >= 11 is 0. The lowest BCUT2D eigenvalue weighted by atomic mass is 10.2. The zero-order valence-electron chi connectivity index (χ0n) is 11.5. The molecule has 1 aromatic rings. The fraction of sp³-hybridized carbons (Fsp3) is 0.571. The third-order valence-corrected chi connectivity index (χ3v) is 3.47. The molecule has 1 fully saturated rings. The van der Waals surface area contributed by atoms with E-state index in [0.29, 0.717) is 12.4 Å². The first kappa shape index (κ1) is 13.8. The van der Waals surface area contributed by atoms with Crippen LogP contribution in [0.3, 0.4) is 0 Å². The number of aromatic nitrogens is 1. The molecule has 0 saturated carbocycles. The van der Waals surface area contributed by atoms with Gasteiger partial charge in [0.2, 0.25) is 5.91 Å². The second-order valence-corrected chi connectivity index (χ2v) is 5.07. The molecule has 5 nitrogen and oxygen atoms in total. The maximum absolute atomic E-state index is 12.1. The molecule has 0 bridgehead atoms. The van der Waals surface area contributed by atoms with E-state index in [1.165, 1.54) is 0 Å². The number of hydrogen-bond donors (Lipinski definition) is 1. The van der Waals surface area contributed by atoms with Crippen LogP contribution in [0.15, 0.2) is 18.3 Å². The van der Waals surface area contributed by atoms with Gasteiger partial charge in [-0.05, 0) is 37.5 Å². The SMILES string of the molecule is CC(O)c1ccnc(N(C)CC(=O)N2CCCC2)c1. The van der Waals surface area contributed by atoms with Crippen molar-refractivity contribution in [2.24, 2.45) is 0 Å². The van der Waals surface area contributed by atoms with Crippen LogP contribution < -0.4 is 4.90 Å². The summed E-state index contributed by atoms with van der Waals surface area (Å²) in [5.41, 5.74) is 0.811. The second-order valence-electron chi connectivity index (χ2n) is 5.07. The van der Waals surface area contributed by atoms with E-state index in [0.717, 1.165) is 31.5 Å². The standard InChI is InChI=1S/C14H21N3O2/c1-11(18)12-5-6-15-13(9-12)16(2)10-14(19)17-7-3-4-8-17/h5-6,9,11,18H,3-4,7-8,10H2,1-2H3. The molecule has 2 heterocycles. The Balaban J connectivity index is 2.00. The summed E-state index contributed by atoms with van der Waals surface area (Å²) in [6.07, 6.45) is 3.34. The molecule has 1 amide bonds. The number of amides is 1. The van der Waals surface area contributed by atoms with Crippen LogP contribution >= 0.6 is 0 Å². The van der Waals surface area contributed by atoms with Crippen LogP contribution in [0.1, 0.15) is 31.4 Å². The van der Waals surface area contributed by atoms with Crippen molar-refractivity contribution in [1.82, 2.24) is 9.88 Å². The number of carbonyl (C=O) groups excluding carboxylic acids is 1. The highest BCUT2D eigenvalue weighted by atomic mass is 16.3. The maximum atomic E-state index is 12.1. The first-order valence-corrected chi connectivity index (χ1v) is 6.71. The van der Waals surface area contributed by atoms with E-state index in [-0.39, 0.29) is 5.91 Å². The highest BCUT2D eigenvalue weighted by Gasteiger charge is 2.19. The van der Waals surface area contributed by atoms with E-state index >= 15 is 0 Å². The number of rotatable bonds is 4. The minimum Gasteiger partial charge on any atom is -0.389 e. The Labute approximate surface area is 113 Å². The first-order valence-electron chi connectivity index (χ1n) is 6.71. The fourth-order valence-electron chi connectivity index (χ4n) is 2.25. The van der Waals surface area contributed by atoms with Crippen molar-refractivity contribution in [3.8, 4) is 0 Å². The quantitative estimate of drug-likeness (QED) is 0.886. The summed E-state index contributed by atoms with van der Waals surface area (Å²) < 4.78 is 0. The molecule has 1 unspecified atom stereocenters. The molecule has 0 radical (unpaired) electrons. The van der Waals surface area contributed by atoms with Crippen LogP contribution in [-0.2, 0) is 4.79 Å². The Morgan fingerprint density at radius 3 is 2.84 bits per heavy atom. The highest BCUT2D eigenvalue weighted by molar-refractivity contribution is 5.81. The minimum atomic E-state index is -0.524. The van der Waals surface area contributed by atoms with Crippen molar-refractivity contribution < 1.29 is 9.90 Å². The molecule has 1 atom stereocenters. The average molecular weight is 263 g/mol. The molecule has 5 heteroatoms. The Morgan fingerprint density at radius 1 is 1.53 bits per heavy atom. The van der Waals surface area contributed by atoms with Crippen LogP contribution in [0.2, 0.25) is 0 Å². The molecular weight excluding hydrogens is 242 g/mol. The summed E-state index contributed by atoms with van der Waals surface area (Å²) in [5.74, 6) is 0.857. The lowest BCUT2D eigenvalue weighted by Gasteiger charge is -2.22. The van der Waals surface area contributed by atoms with Gasteiger partial charge < -0.3 is 14.9 Å². The summed E-state index contributed by atoms with van der Waals surface area (Å²) in [5, 5.41) is 9.56. The number of likely N-dealkylation sites (N-methyl/N-ethyl adjacent to an activating group) is 1. The van der Waals surface area contributed by atoms with Gasteiger partial charge in [0.25, 0.3) is 0 Å². The number of anilines is 1. The molecule has 0 aliphatic carbocycles. The molecule has 2 rings (SSSR count). The van der Waals surface area contributed by atoms with Gasteiger partial charge in [-0.3, -0.25) is 4.79 Å². The molecule has 1 aliphatic heterocycles. The van der Waals surface area contributed by atoms with Crippen molar-refractivity contribution in [2.75, 3.05) is 31.6 Å². The van der Waals surface area contributed by atoms with Crippen molar-refractivity contribution in [3.63, 3.8) is 0 Å². The van der Waals surface area contributed by atoms with E-state index in [4.69, 9.17) is 0 Å². The summed E-state index contributed by atoms with van der Waals surface area (Å²) in [6.45, 7) is 3.78. The van der Waals surface area contributed by atoms with Gasteiger partial charge in [-0.15, -0.1) is 0 Å². The molecule has 1 aliphatic rings. The predicted molar refractivity (Wildman–Crippen MR) is 74.0 cm³/mol. The summed E-state index contributed by atoms with van der Waals surface area (Å²) in [7, 11) is 1.85. The molecule has 1 aromatic heterocycles. The number of carbonyl (C=O) groups is 1. The monoisotopic (exact) mass is 263 g/mol. The Kier molecular flexibility index (Phi) is 4.37. The number of pyridine rings is 1. The van der Waals surface area contributed by atoms with Gasteiger partial charge in [-0.1, -0.05) is 0 Å². The fourth-order valence-corrected chi connectivity index (χ4v) is 2.25. The average Bonchev–Trinajstić information content (AvgIpc) is 2.92. The van der Waals surface area contributed by atoms with E-state index in [1.807, 2.05) is 22.9 Å². The summed E-state index contributed by atoms with van der Waals surface area (Å²) in [6, 6.07) is 3.60. The van der Waals surface area contributed by atoms with E-state index in [2.05, 4.69) is 4.98 Å². The van der Waals surface area contributed by atoms with E-state index in [1.54, 1.807) is 19.2 Å². The third-order valence-electron chi connectivity index (χ3n) is 3.47. The van der Waals surface area contributed by atoms with Crippen molar-refractivity contribution >= 4 is 11.7 Å². The number of nitrogens with zero attached hydrogens (tertiary/aromatic N) is 3. The van der Waals surface area contributed by atoms with Gasteiger partial charge in [0.05, 0.1) is 12.6 Å². The number of aliphatic hydroxyl groups excluding tert-OH is 1. The van der Waals surface area contributed by atoms with Crippen molar-refractivity contribution in [3.05, 3.63) is 23.9 Å². The number of likely N-dealkylation sites (tertiary alicyclic amines) is 1. The van der Waals surface area contributed by atoms with Crippen LogP contribution in [0.25, 0.3) is 0 Å². The zero-order valence-corrected chi connectivity index (χ0v) is 11.5. The van der Waals surface area contributed by atoms with Crippen LogP contribution in [0, 0.1) is 0 Å². The lowest BCUT2D eigenvalue weighted by molar-refractivity contribution is -0.128. The first-order chi connectivity index (χ1) is 9.08. The molecule has 1 N–H and O–H groups in total. The normalized spacial score (nSPS) is 16.5. The molecule has 0 aromatic carbocycles. The number of hydrogen-bond acceptors (Lipinski definition) is 4. The van der Waals surface area contributed by atoms with Crippen molar-refractivity contribution in [2.45, 2.75) is 25.9 Å². The molecular formula is C14H21N3O2. The third kappa shape index (κ3) is 3.44. The Bertz CT molecular complexity index is 442. The number of aliphatic hydroxyl groups is 1. The van der Waals surface area contributed by atoms with Gasteiger partial charge in [0.15, 0.2) is 0 Å². The van der Waals surface area contributed by atoms with Gasteiger partial charge in [-0.2, -0.15) is 0 Å². The van der Waals surface area contributed by atoms with E-state index in [9.17, 15) is 9.90 Å². The van der Waals surface area contributed by atoms with Crippen molar-refractivity contribution in [1.29, 1.82) is 0 Å². The molecule has 1 saturated heterocycles. The van der Waals surface area contributed by atoms with E-state index < -0.39 is 6.10 Å². The lowest BCUT2D eigenvalue weighted by Crippen LogP contribution is -2.37. The van der Waals surface area contributed by atoms with Crippen LogP contribution in [-0.4, -0.2) is 47.6 Å². The molecule has 0 spiro atoms. The van der Waals surface area contributed by atoms with Gasteiger partial charge in [0.1, 0.15) is 5.82 Å². The Morgan fingerprint density at radius 2 is 2.21 bits per heavy atom. The maximum Gasteiger partial charge on any atom is 0.242 e. The smallest absolute Gasteiger partial charge is 0.242 e. The highest BCUT2D eigenvalue weighted by Crippen LogP contribution is 2.17. The van der Waals surface area contributed by atoms with Gasteiger partial charge >= 0.3 is 0 Å². The van der Waals surface area contributed by atoms with Crippen LogP contribution in [0.5, 0.6) is 0 Å². The second kappa shape index (κ2) is 6.02. The largest absolute Gasteiger partial charge is 0.389 e. The minimum absolute atomic E-state index is 0.143.